The van der Waals surface area contributed by atoms with Crippen molar-refractivity contribution in [3.8, 4) is 0 Å². The van der Waals surface area contributed by atoms with Crippen molar-refractivity contribution in [3.63, 3.8) is 0 Å². The highest BCUT2D eigenvalue weighted by Crippen LogP contribution is 2.45. The molecule has 1 heterocycles. The second kappa shape index (κ2) is 4.97. The summed E-state index contributed by atoms with van der Waals surface area (Å²) in [5.41, 5.74) is -0.619. The number of amides is 1. The number of carbonyl (C=O) groups is 1. The largest absolute Gasteiger partial charge is 0.444 e. The minimum Gasteiger partial charge on any atom is -0.444 e. The molecule has 0 aromatic rings. The summed E-state index contributed by atoms with van der Waals surface area (Å²) >= 11 is 0. The molecular formula is C15H27NO3. The lowest BCUT2D eigenvalue weighted by molar-refractivity contribution is -0.0935. The molecular weight excluding hydrogens is 242 g/mol. The van der Waals surface area contributed by atoms with Gasteiger partial charge in [0.2, 0.25) is 0 Å². The third-order valence-electron chi connectivity index (χ3n) is 4.60. The average Bonchev–Trinajstić information content (AvgIpc) is 2.27. The SMILES string of the molecule is CC(C)(C)OC(=O)N1CCC[C@]2(C)[C@@H](O)CCC[C@@H]12. The van der Waals surface area contributed by atoms with Gasteiger partial charge in [-0.1, -0.05) is 6.92 Å². The maximum absolute atomic E-state index is 12.3. The maximum atomic E-state index is 12.3. The molecule has 1 saturated carbocycles. The van der Waals surface area contributed by atoms with Crippen molar-refractivity contribution in [1.29, 1.82) is 0 Å². The first-order chi connectivity index (χ1) is 8.74. The van der Waals surface area contributed by atoms with Gasteiger partial charge in [0.05, 0.1) is 6.10 Å². The minimum absolute atomic E-state index is 0.125. The van der Waals surface area contributed by atoms with Crippen LogP contribution in [-0.4, -0.2) is 40.4 Å². The topological polar surface area (TPSA) is 49.8 Å². The van der Waals surface area contributed by atoms with Gasteiger partial charge in [0.25, 0.3) is 0 Å². The van der Waals surface area contributed by atoms with E-state index in [0.717, 1.165) is 38.6 Å². The Morgan fingerprint density at radius 2 is 2.00 bits per heavy atom. The summed E-state index contributed by atoms with van der Waals surface area (Å²) in [5, 5.41) is 10.3. The van der Waals surface area contributed by atoms with E-state index in [1.165, 1.54) is 0 Å². The highest BCUT2D eigenvalue weighted by molar-refractivity contribution is 5.69. The molecule has 0 unspecified atom stereocenters. The van der Waals surface area contributed by atoms with Gasteiger partial charge in [-0.15, -0.1) is 0 Å². The quantitative estimate of drug-likeness (QED) is 0.735. The molecule has 1 aliphatic carbocycles. The summed E-state index contributed by atoms with van der Waals surface area (Å²) in [7, 11) is 0. The number of hydrogen-bond acceptors (Lipinski definition) is 3. The van der Waals surface area contributed by atoms with Gasteiger partial charge in [-0.25, -0.2) is 4.79 Å². The van der Waals surface area contributed by atoms with Gasteiger partial charge < -0.3 is 14.7 Å². The van der Waals surface area contributed by atoms with Crippen LogP contribution < -0.4 is 0 Å². The summed E-state index contributed by atoms with van der Waals surface area (Å²) in [5.74, 6) is 0. The molecule has 3 atom stereocenters. The maximum Gasteiger partial charge on any atom is 0.410 e. The lowest BCUT2D eigenvalue weighted by Crippen LogP contribution is -2.60. The van der Waals surface area contributed by atoms with Crippen molar-refractivity contribution in [1.82, 2.24) is 4.90 Å². The molecule has 0 bridgehead atoms. The summed E-state index contributed by atoms with van der Waals surface area (Å²) in [6.07, 6.45) is 4.25. The monoisotopic (exact) mass is 269 g/mol. The number of rotatable bonds is 0. The molecule has 1 aliphatic heterocycles. The zero-order valence-corrected chi connectivity index (χ0v) is 12.6. The van der Waals surface area contributed by atoms with Gasteiger partial charge >= 0.3 is 6.09 Å². The number of aliphatic hydroxyl groups excluding tert-OH is 1. The smallest absolute Gasteiger partial charge is 0.410 e. The second-order valence-electron chi connectivity index (χ2n) is 7.25. The molecule has 4 nitrogen and oxygen atoms in total. The van der Waals surface area contributed by atoms with E-state index < -0.39 is 5.60 Å². The van der Waals surface area contributed by atoms with Crippen LogP contribution in [0.25, 0.3) is 0 Å². The normalized spacial score (nSPS) is 35.7. The van der Waals surface area contributed by atoms with Crippen LogP contribution in [0.3, 0.4) is 0 Å². The van der Waals surface area contributed by atoms with E-state index in [-0.39, 0.29) is 23.7 Å². The van der Waals surface area contributed by atoms with E-state index in [2.05, 4.69) is 6.92 Å². The summed E-state index contributed by atoms with van der Waals surface area (Å²) in [6, 6.07) is 0.125. The van der Waals surface area contributed by atoms with Crippen molar-refractivity contribution >= 4 is 6.09 Å². The van der Waals surface area contributed by atoms with Crippen LogP contribution in [0.5, 0.6) is 0 Å². The standard InChI is InChI=1S/C15H27NO3/c1-14(2,3)19-13(18)16-10-6-9-15(4)11(16)7-5-8-12(15)17/h11-12,17H,5-10H2,1-4H3/t11-,12+,15+/m1/s1. The second-order valence-corrected chi connectivity index (χ2v) is 7.25. The molecule has 2 fully saturated rings. The summed E-state index contributed by atoms with van der Waals surface area (Å²) in [4.78, 5) is 14.2. The molecule has 1 amide bonds. The van der Waals surface area contributed by atoms with Crippen LogP contribution in [0.1, 0.15) is 59.8 Å². The first-order valence-electron chi connectivity index (χ1n) is 7.42. The first-order valence-corrected chi connectivity index (χ1v) is 7.42. The minimum atomic E-state index is -0.460. The van der Waals surface area contributed by atoms with E-state index >= 15 is 0 Å². The lowest BCUT2D eigenvalue weighted by Gasteiger charge is -2.53. The fourth-order valence-electron chi connectivity index (χ4n) is 3.56. The Labute approximate surface area is 116 Å². The molecule has 19 heavy (non-hydrogen) atoms. The number of hydrogen-bond donors (Lipinski definition) is 1. The van der Waals surface area contributed by atoms with E-state index in [1.54, 1.807) is 0 Å². The third kappa shape index (κ3) is 2.88. The average molecular weight is 269 g/mol. The van der Waals surface area contributed by atoms with Gasteiger partial charge in [0.15, 0.2) is 0 Å². The Morgan fingerprint density at radius 3 is 2.63 bits per heavy atom. The fraction of sp³-hybridized carbons (Fsp3) is 0.933. The predicted octanol–water partition coefficient (Wildman–Crippen LogP) is 2.94. The van der Waals surface area contributed by atoms with Crippen LogP contribution >= 0.6 is 0 Å². The van der Waals surface area contributed by atoms with Crippen LogP contribution in [0.15, 0.2) is 0 Å². The molecule has 0 radical (unpaired) electrons. The number of nitrogens with zero attached hydrogens (tertiary/aromatic N) is 1. The van der Waals surface area contributed by atoms with Crippen molar-refractivity contribution in [2.45, 2.75) is 77.5 Å². The Balaban J connectivity index is 2.15. The van der Waals surface area contributed by atoms with Gasteiger partial charge in [0.1, 0.15) is 5.60 Å². The molecule has 110 valence electrons. The van der Waals surface area contributed by atoms with Crippen molar-refractivity contribution in [3.05, 3.63) is 0 Å². The van der Waals surface area contributed by atoms with Crippen molar-refractivity contribution in [2.75, 3.05) is 6.54 Å². The Kier molecular flexibility index (Phi) is 3.83. The van der Waals surface area contributed by atoms with Gasteiger partial charge in [-0.05, 0) is 52.9 Å². The van der Waals surface area contributed by atoms with Crippen LogP contribution in [0.4, 0.5) is 4.79 Å². The van der Waals surface area contributed by atoms with E-state index in [0.29, 0.717) is 0 Å². The number of fused-ring (bicyclic) bond motifs is 1. The highest BCUT2D eigenvalue weighted by Gasteiger charge is 2.49. The third-order valence-corrected chi connectivity index (χ3v) is 4.60. The molecule has 2 aliphatic rings. The Bertz CT molecular complexity index is 350. The predicted molar refractivity (Wildman–Crippen MR) is 73.9 cm³/mol. The Morgan fingerprint density at radius 1 is 1.32 bits per heavy atom. The molecule has 1 saturated heterocycles. The zero-order chi connectivity index (χ0) is 14.3. The first kappa shape index (κ1) is 14.6. The Hall–Kier alpha value is -0.770. The fourth-order valence-corrected chi connectivity index (χ4v) is 3.56. The highest BCUT2D eigenvalue weighted by atomic mass is 16.6. The van der Waals surface area contributed by atoms with Crippen LogP contribution in [-0.2, 0) is 4.74 Å². The van der Waals surface area contributed by atoms with Crippen LogP contribution in [0, 0.1) is 5.41 Å². The molecule has 0 aromatic carbocycles. The number of aliphatic hydroxyl groups is 1. The van der Waals surface area contributed by atoms with E-state index in [9.17, 15) is 9.90 Å². The summed E-state index contributed by atoms with van der Waals surface area (Å²) in [6.45, 7) is 8.55. The molecule has 1 N–H and O–H groups in total. The van der Waals surface area contributed by atoms with Gasteiger partial charge in [-0.2, -0.15) is 0 Å². The summed E-state index contributed by atoms with van der Waals surface area (Å²) < 4.78 is 5.51. The molecule has 0 spiro atoms. The van der Waals surface area contributed by atoms with E-state index in [1.807, 2.05) is 25.7 Å². The lowest BCUT2D eigenvalue weighted by atomic mass is 9.64. The molecule has 0 aromatic heterocycles. The number of likely N-dealkylation sites (tertiary alicyclic amines) is 1. The van der Waals surface area contributed by atoms with Gasteiger partial charge in [-0.3, -0.25) is 0 Å². The number of carbonyl (C=O) groups excluding carboxylic acids is 1. The number of ether oxygens (including phenoxy) is 1. The van der Waals surface area contributed by atoms with Crippen molar-refractivity contribution < 1.29 is 14.6 Å². The van der Waals surface area contributed by atoms with E-state index in [4.69, 9.17) is 4.74 Å². The molecule has 4 heteroatoms. The van der Waals surface area contributed by atoms with Gasteiger partial charge in [0, 0.05) is 18.0 Å². The zero-order valence-electron chi connectivity index (χ0n) is 12.6. The number of piperidine rings is 1. The van der Waals surface area contributed by atoms with Crippen molar-refractivity contribution in [2.24, 2.45) is 5.41 Å². The molecule has 2 rings (SSSR count). The van der Waals surface area contributed by atoms with Crippen LogP contribution in [0.2, 0.25) is 0 Å².